The number of hydrogen-bond donors (Lipinski definition) is 2. The molecule has 0 amide bonds. The van der Waals surface area contributed by atoms with Crippen LogP contribution in [-0.4, -0.2) is 20.6 Å². The second-order valence-electron chi connectivity index (χ2n) is 6.21. The van der Waals surface area contributed by atoms with Crippen LogP contribution < -0.4 is 11.1 Å². The molecule has 0 spiro atoms. The fraction of sp³-hybridized carbons (Fsp3) is 0.400. The van der Waals surface area contributed by atoms with Crippen LogP contribution in [0.2, 0.25) is 0 Å². The normalized spacial score (nSPS) is 13.3. The molecule has 0 aliphatic heterocycles. The summed E-state index contributed by atoms with van der Waals surface area (Å²) >= 11 is 0. The lowest BCUT2D eigenvalue weighted by molar-refractivity contribution is 0.0697. The van der Waals surface area contributed by atoms with Gasteiger partial charge in [0.1, 0.15) is 0 Å². The lowest BCUT2D eigenvalue weighted by Gasteiger charge is -2.30. The predicted molar refractivity (Wildman–Crippen MR) is 80.0 cm³/mol. The first-order valence-corrected chi connectivity index (χ1v) is 6.65. The molecule has 1 aromatic heterocycles. The molecular formula is C15H18N2O4. The summed E-state index contributed by atoms with van der Waals surface area (Å²) in [5.41, 5.74) is -0.704. The molecule has 112 valence electrons. The molecule has 2 aromatic rings. The van der Waals surface area contributed by atoms with Gasteiger partial charge in [0.15, 0.2) is 0 Å². The van der Waals surface area contributed by atoms with Crippen LogP contribution in [0, 0.1) is 5.41 Å². The van der Waals surface area contributed by atoms with Gasteiger partial charge in [-0.25, -0.2) is 4.79 Å². The quantitative estimate of drug-likeness (QED) is 0.827. The molecule has 21 heavy (non-hydrogen) atoms. The first-order chi connectivity index (χ1) is 9.62. The Morgan fingerprint density at radius 3 is 2.43 bits per heavy atom. The summed E-state index contributed by atoms with van der Waals surface area (Å²) in [5.74, 6) is -1.08. The smallest absolute Gasteiger partial charge is 0.335 e. The lowest BCUT2D eigenvalue weighted by Crippen LogP contribution is -2.40. The maximum absolute atomic E-state index is 12.2. The molecule has 0 bridgehead atoms. The largest absolute Gasteiger partial charge is 0.478 e. The van der Waals surface area contributed by atoms with Gasteiger partial charge in [-0.1, -0.05) is 20.8 Å². The molecule has 1 heterocycles. The number of aromatic carboxylic acids is 1. The molecule has 1 atom stereocenters. The van der Waals surface area contributed by atoms with Crippen molar-refractivity contribution in [3.05, 3.63) is 44.5 Å². The van der Waals surface area contributed by atoms with Crippen LogP contribution >= 0.6 is 0 Å². The van der Waals surface area contributed by atoms with Gasteiger partial charge in [-0.15, -0.1) is 0 Å². The number of aromatic amines is 1. The van der Waals surface area contributed by atoms with Crippen LogP contribution in [0.4, 0.5) is 0 Å². The number of benzene rings is 1. The van der Waals surface area contributed by atoms with E-state index in [0.717, 1.165) is 0 Å². The minimum Gasteiger partial charge on any atom is -0.478 e. The Morgan fingerprint density at radius 1 is 1.29 bits per heavy atom. The third-order valence-electron chi connectivity index (χ3n) is 3.81. The van der Waals surface area contributed by atoms with E-state index in [2.05, 4.69) is 4.98 Å². The summed E-state index contributed by atoms with van der Waals surface area (Å²) in [6, 6.07) is 4.05. The van der Waals surface area contributed by atoms with Crippen molar-refractivity contribution in [2.75, 3.05) is 0 Å². The summed E-state index contributed by atoms with van der Waals surface area (Å²) in [7, 11) is 0. The van der Waals surface area contributed by atoms with E-state index in [-0.39, 0.29) is 17.0 Å². The topological polar surface area (TPSA) is 92.2 Å². The third kappa shape index (κ3) is 2.61. The van der Waals surface area contributed by atoms with Crippen molar-refractivity contribution in [1.29, 1.82) is 0 Å². The first kappa shape index (κ1) is 15.0. The van der Waals surface area contributed by atoms with Crippen LogP contribution in [0.15, 0.2) is 27.8 Å². The summed E-state index contributed by atoms with van der Waals surface area (Å²) < 4.78 is 1.38. The number of carbonyl (C=O) groups is 1. The summed E-state index contributed by atoms with van der Waals surface area (Å²) in [4.78, 5) is 37.6. The van der Waals surface area contributed by atoms with Crippen molar-refractivity contribution < 1.29 is 9.90 Å². The van der Waals surface area contributed by atoms with Gasteiger partial charge in [0.05, 0.1) is 16.6 Å². The molecule has 0 radical (unpaired) electrons. The van der Waals surface area contributed by atoms with E-state index in [0.29, 0.717) is 11.0 Å². The molecule has 6 heteroatoms. The zero-order valence-electron chi connectivity index (χ0n) is 12.4. The number of aromatic nitrogens is 2. The lowest BCUT2D eigenvalue weighted by atomic mass is 9.87. The number of nitrogens with zero attached hydrogens (tertiary/aromatic N) is 1. The van der Waals surface area contributed by atoms with E-state index in [9.17, 15) is 14.4 Å². The highest BCUT2D eigenvalue weighted by atomic mass is 16.4. The van der Waals surface area contributed by atoms with Crippen molar-refractivity contribution in [2.24, 2.45) is 5.41 Å². The molecule has 0 saturated heterocycles. The minimum atomic E-state index is -1.08. The van der Waals surface area contributed by atoms with E-state index < -0.39 is 17.1 Å². The average Bonchev–Trinajstić information content (AvgIpc) is 2.38. The SMILES string of the molecule is CC(n1c(=O)c(=O)[nH]c2ccc(C(=O)O)cc21)C(C)(C)C. The number of hydrogen-bond acceptors (Lipinski definition) is 3. The van der Waals surface area contributed by atoms with Gasteiger partial charge < -0.3 is 10.1 Å². The Morgan fingerprint density at radius 2 is 1.90 bits per heavy atom. The molecule has 0 aliphatic carbocycles. The molecule has 6 nitrogen and oxygen atoms in total. The molecular weight excluding hydrogens is 272 g/mol. The zero-order chi connectivity index (χ0) is 15.9. The van der Waals surface area contributed by atoms with Crippen molar-refractivity contribution in [3.8, 4) is 0 Å². The summed E-state index contributed by atoms with van der Waals surface area (Å²) in [6.45, 7) is 7.71. The summed E-state index contributed by atoms with van der Waals surface area (Å²) in [6.07, 6.45) is 0. The highest BCUT2D eigenvalue weighted by molar-refractivity contribution is 5.92. The molecule has 1 unspecified atom stereocenters. The Labute approximate surface area is 121 Å². The Balaban J connectivity index is 2.92. The average molecular weight is 290 g/mol. The molecule has 0 aliphatic rings. The number of carboxylic acid groups (broad SMARTS) is 1. The van der Waals surface area contributed by atoms with Crippen molar-refractivity contribution in [3.63, 3.8) is 0 Å². The minimum absolute atomic E-state index is 0.0730. The molecule has 1 aromatic carbocycles. The third-order valence-corrected chi connectivity index (χ3v) is 3.81. The van der Waals surface area contributed by atoms with Crippen LogP contribution in [0.1, 0.15) is 44.1 Å². The Kier molecular flexibility index (Phi) is 3.49. The fourth-order valence-electron chi connectivity index (χ4n) is 2.14. The van der Waals surface area contributed by atoms with Gasteiger partial charge in [-0.05, 0) is 30.5 Å². The highest BCUT2D eigenvalue weighted by Gasteiger charge is 2.25. The van der Waals surface area contributed by atoms with E-state index in [1.54, 1.807) is 0 Å². The standard InChI is InChI=1S/C15H18N2O4/c1-8(15(2,3)4)17-11-7-9(14(20)21)5-6-10(11)16-12(18)13(17)19/h5-8H,1-4H3,(H,16,18)(H,20,21). The van der Waals surface area contributed by atoms with Gasteiger partial charge in [-0.2, -0.15) is 0 Å². The van der Waals surface area contributed by atoms with Crippen molar-refractivity contribution in [2.45, 2.75) is 33.7 Å². The second-order valence-corrected chi connectivity index (χ2v) is 6.21. The maximum atomic E-state index is 12.2. The molecule has 0 fully saturated rings. The molecule has 2 N–H and O–H groups in total. The number of nitrogens with one attached hydrogen (secondary N) is 1. The van der Waals surface area contributed by atoms with E-state index in [1.807, 2.05) is 27.7 Å². The van der Waals surface area contributed by atoms with Gasteiger partial charge >= 0.3 is 17.1 Å². The Hall–Kier alpha value is -2.37. The zero-order valence-corrected chi connectivity index (χ0v) is 12.4. The Bertz CT molecular complexity index is 824. The number of fused-ring (bicyclic) bond motifs is 1. The van der Waals surface area contributed by atoms with E-state index in [4.69, 9.17) is 5.11 Å². The van der Waals surface area contributed by atoms with Gasteiger partial charge in [-0.3, -0.25) is 14.2 Å². The van der Waals surface area contributed by atoms with E-state index >= 15 is 0 Å². The number of rotatable bonds is 2. The second kappa shape index (κ2) is 4.87. The fourth-order valence-corrected chi connectivity index (χ4v) is 2.14. The van der Waals surface area contributed by atoms with Crippen molar-refractivity contribution in [1.82, 2.24) is 9.55 Å². The van der Waals surface area contributed by atoms with Crippen LogP contribution in [0.3, 0.4) is 0 Å². The van der Waals surface area contributed by atoms with Crippen LogP contribution in [0.25, 0.3) is 11.0 Å². The van der Waals surface area contributed by atoms with Gasteiger partial charge in [0.2, 0.25) is 0 Å². The van der Waals surface area contributed by atoms with Gasteiger partial charge in [0, 0.05) is 6.04 Å². The maximum Gasteiger partial charge on any atom is 0.335 e. The van der Waals surface area contributed by atoms with Crippen LogP contribution in [-0.2, 0) is 0 Å². The highest BCUT2D eigenvalue weighted by Crippen LogP contribution is 2.30. The van der Waals surface area contributed by atoms with Crippen LogP contribution in [0.5, 0.6) is 0 Å². The monoisotopic (exact) mass is 290 g/mol. The first-order valence-electron chi connectivity index (χ1n) is 6.65. The van der Waals surface area contributed by atoms with E-state index in [1.165, 1.54) is 22.8 Å². The van der Waals surface area contributed by atoms with Gasteiger partial charge in [0.25, 0.3) is 0 Å². The number of carboxylic acids is 1. The number of H-pyrrole nitrogens is 1. The molecule has 0 saturated carbocycles. The molecule has 2 rings (SSSR count). The van der Waals surface area contributed by atoms with Crippen molar-refractivity contribution >= 4 is 17.0 Å². The summed E-state index contributed by atoms with van der Waals surface area (Å²) in [5, 5.41) is 9.10. The predicted octanol–water partition coefficient (Wildman–Crippen LogP) is 2.00.